The molecule has 0 spiro atoms. The van der Waals surface area contributed by atoms with E-state index in [4.69, 9.17) is 4.74 Å². The number of ether oxygens (including phenoxy) is 1. The second kappa shape index (κ2) is 8.32. The summed E-state index contributed by atoms with van der Waals surface area (Å²) in [6.07, 6.45) is 1.08. The SMILES string of the molecule is CCCNc1cc(SC(C)C)nc(COCC)n1. The Morgan fingerprint density at radius 1 is 1.33 bits per heavy atom. The van der Waals surface area contributed by atoms with Crippen molar-refractivity contribution >= 4 is 17.6 Å². The summed E-state index contributed by atoms with van der Waals surface area (Å²) < 4.78 is 5.38. The predicted octanol–water partition coefficient (Wildman–Crippen LogP) is 3.34. The normalized spacial score (nSPS) is 10.9. The number of thioether (sulfide) groups is 1. The maximum absolute atomic E-state index is 5.38. The van der Waals surface area contributed by atoms with E-state index in [1.807, 2.05) is 13.0 Å². The zero-order valence-electron chi connectivity index (χ0n) is 11.7. The van der Waals surface area contributed by atoms with Crippen LogP contribution in [0.2, 0.25) is 0 Å². The van der Waals surface area contributed by atoms with Crippen LogP contribution < -0.4 is 5.32 Å². The summed E-state index contributed by atoms with van der Waals surface area (Å²) in [5.41, 5.74) is 0. The van der Waals surface area contributed by atoms with E-state index in [2.05, 4.69) is 36.1 Å². The Bertz CT molecular complexity index is 332. The van der Waals surface area contributed by atoms with Gasteiger partial charge < -0.3 is 10.1 Å². The summed E-state index contributed by atoms with van der Waals surface area (Å²) in [6, 6.07) is 2.01. The number of anilines is 1. The third kappa shape index (κ3) is 5.69. The van der Waals surface area contributed by atoms with Crippen LogP contribution in [-0.2, 0) is 11.3 Å². The first-order valence-electron chi connectivity index (χ1n) is 6.51. The second-order valence-corrected chi connectivity index (χ2v) is 5.83. The minimum Gasteiger partial charge on any atom is -0.374 e. The highest BCUT2D eigenvalue weighted by Crippen LogP contribution is 2.23. The third-order valence-electron chi connectivity index (χ3n) is 2.10. The molecule has 0 aliphatic carbocycles. The molecule has 0 bridgehead atoms. The lowest BCUT2D eigenvalue weighted by Crippen LogP contribution is -2.07. The van der Waals surface area contributed by atoms with Crippen LogP contribution in [0, 0.1) is 0 Å². The molecule has 1 heterocycles. The van der Waals surface area contributed by atoms with Gasteiger partial charge in [0.05, 0.1) is 0 Å². The van der Waals surface area contributed by atoms with E-state index in [-0.39, 0.29) is 0 Å². The molecule has 1 rings (SSSR count). The van der Waals surface area contributed by atoms with Gasteiger partial charge in [-0.3, -0.25) is 0 Å². The van der Waals surface area contributed by atoms with Gasteiger partial charge in [0, 0.05) is 24.5 Å². The minimum absolute atomic E-state index is 0.476. The predicted molar refractivity (Wildman–Crippen MR) is 77.1 cm³/mol. The smallest absolute Gasteiger partial charge is 0.157 e. The van der Waals surface area contributed by atoms with Crippen molar-refractivity contribution < 1.29 is 4.74 Å². The van der Waals surface area contributed by atoms with Crippen molar-refractivity contribution in [3.8, 4) is 0 Å². The van der Waals surface area contributed by atoms with E-state index in [1.165, 1.54) is 0 Å². The number of aromatic nitrogens is 2. The first kappa shape index (κ1) is 15.2. The third-order valence-corrected chi connectivity index (χ3v) is 3.02. The molecule has 0 aliphatic rings. The van der Waals surface area contributed by atoms with Gasteiger partial charge in [0.25, 0.3) is 0 Å². The van der Waals surface area contributed by atoms with E-state index < -0.39 is 0 Å². The molecule has 5 heteroatoms. The highest BCUT2D eigenvalue weighted by molar-refractivity contribution is 7.99. The van der Waals surface area contributed by atoms with Gasteiger partial charge in [0.2, 0.25) is 0 Å². The Kier molecular flexibility index (Phi) is 7.05. The average molecular weight is 269 g/mol. The molecule has 0 saturated carbocycles. The highest BCUT2D eigenvalue weighted by atomic mass is 32.2. The molecule has 1 aromatic heterocycles. The van der Waals surface area contributed by atoms with Crippen LogP contribution >= 0.6 is 11.8 Å². The van der Waals surface area contributed by atoms with Crippen LogP contribution in [0.15, 0.2) is 11.1 Å². The quantitative estimate of drug-likeness (QED) is 0.579. The Morgan fingerprint density at radius 3 is 2.72 bits per heavy atom. The van der Waals surface area contributed by atoms with Gasteiger partial charge in [-0.25, -0.2) is 9.97 Å². The Hall–Kier alpha value is -0.810. The van der Waals surface area contributed by atoms with Crippen molar-refractivity contribution in [2.45, 2.75) is 51.0 Å². The van der Waals surface area contributed by atoms with Crippen LogP contribution in [0.1, 0.15) is 39.9 Å². The number of nitrogens with zero attached hydrogens (tertiary/aromatic N) is 2. The molecule has 0 atom stereocenters. The molecule has 0 aliphatic heterocycles. The molecule has 0 unspecified atom stereocenters. The number of nitrogens with one attached hydrogen (secondary N) is 1. The van der Waals surface area contributed by atoms with Crippen molar-refractivity contribution in [2.75, 3.05) is 18.5 Å². The fourth-order valence-corrected chi connectivity index (χ4v) is 2.20. The topological polar surface area (TPSA) is 47.0 Å². The summed E-state index contributed by atoms with van der Waals surface area (Å²) >= 11 is 1.75. The standard InChI is InChI=1S/C13H23N3OS/c1-5-7-14-11-8-13(18-10(3)4)16-12(15-11)9-17-6-2/h8,10H,5-7,9H2,1-4H3,(H,14,15,16). The lowest BCUT2D eigenvalue weighted by atomic mass is 10.4. The summed E-state index contributed by atoms with van der Waals surface area (Å²) in [7, 11) is 0. The molecule has 0 radical (unpaired) electrons. The maximum atomic E-state index is 5.38. The minimum atomic E-state index is 0.476. The van der Waals surface area contributed by atoms with Crippen LogP contribution in [0.4, 0.5) is 5.82 Å². The lowest BCUT2D eigenvalue weighted by molar-refractivity contribution is 0.128. The monoisotopic (exact) mass is 269 g/mol. The molecule has 102 valence electrons. The van der Waals surface area contributed by atoms with Gasteiger partial charge in [-0.1, -0.05) is 20.8 Å². The Morgan fingerprint density at radius 2 is 2.11 bits per heavy atom. The molecule has 0 saturated heterocycles. The molecular formula is C13H23N3OS. The van der Waals surface area contributed by atoms with Crippen LogP contribution in [-0.4, -0.2) is 28.4 Å². The van der Waals surface area contributed by atoms with E-state index in [9.17, 15) is 0 Å². The van der Waals surface area contributed by atoms with E-state index in [0.717, 1.165) is 29.6 Å². The lowest BCUT2D eigenvalue weighted by Gasteiger charge is -2.10. The van der Waals surface area contributed by atoms with Crippen molar-refractivity contribution in [1.29, 1.82) is 0 Å². The summed E-state index contributed by atoms with van der Waals surface area (Å²) in [5, 5.41) is 4.83. The van der Waals surface area contributed by atoms with Gasteiger partial charge in [0.15, 0.2) is 5.82 Å². The fourth-order valence-electron chi connectivity index (χ4n) is 1.38. The number of hydrogen-bond acceptors (Lipinski definition) is 5. The van der Waals surface area contributed by atoms with Gasteiger partial charge in [-0.2, -0.15) is 0 Å². The van der Waals surface area contributed by atoms with Crippen LogP contribution in [0.25, 0.3) is 0 Å². The molecule has 0 fully saturated rings. The molecule has 1 aromatic rings. The fraction of sp³-hybridized carbons (Fsp3) is 0.692. The van der Waals surface area contributed by atoms with Crippen LogP contribution in [0.3, 0.4) is 0 Å². The zero-order chi connectivity index (χ0) is 13.4. The van der Waals surface area contributed by atoms with Crippen molar-refractivity contribution in [3.05, 3.63) is 11.9 Å². The largest absolute Gasteiger partial charge is 0.374 e. The van der Waals surface area contributed by atoms with Gasteiger partial charge >= 0.3 is 0 Å². The average Bonchev–Trinajstić information content (AvgIpc) is 2.33. The summed E-state index contributed by atoms with van der Waals surface area (Å²) in [4.78, 5) is 8.96. The first-order valence-corrected chi connectivity index (χ1v) is 7.39. The Balaban J connectivity index is 2.81. The summed E-state index contributed by atoms with van der Waals surface area (Å²) in [5.74, 6) is 1.64. The highest BCUT2D eigenvalue weighted by Gasteiger charge is 2.07. The van der Waals surface area contributed by atoms with E-state index >= 15 is 0 Å². The van der Waals surface area contributed by atoms with Crippen molar-refractivity contribution in [1.82, 2.24) is 9.97 Å². The molecular weight excluding hydrogens is 246 g/mol. The molecule has 18 heavy (non-hydrogen) atoms. The van der Waals surface area contributed by atoms with Crippen LogP contribution in [0.5, 0.6) is 0 Å². The number of hydrogen-bond donors (Lipinski definition) is 1. The second-order valence-electron chi connectivity index (χ2n) is 4.24. The molecule has 4 nitrogen and oxygen atoms in total. The maximum Gasteiger partial charge on any atom is 0.157 e. The van der Waals surface area contributed by atoms with Crippen molar-refractivity contribution in [3.63, 3.8) is 0 Å². The number of rotatable bonds is 8. The zero-order valence-corrected chi connectivity index (χ0v) is 12.5. The molecule has 0 aromatic carbocycles. The van der Waals surface area contributed by atoms with Crippen molar-refractivity contribution in [2.24, 2.45) is 0 Å². The molecule has 0 amide bonds. The van der Waals surface area contributed by atoms with Gasteiger partial charge in [-0.05, 0) is 13.3 Å². The summed E-state index contributed by atoms with van der Waals surface area (Å²) in [6.45, 7) is 10.5. The van der Waals surface area contributed by atoms with Gasteiger partial charge in [-0.15, -0.1) is 11.8 Å². The van der Waals surface area contributed by atoms with E-state index in [0.29, 0.717) is 18.5 Å². The first-order chi connectivity index (χ1) is 8.65. The Labute approximate surface area is 114 Å². The van der Waals surface area contributed by atoms with Gasteiger partial charge in [0.1, 0.15) is 17.5 Å². The molecule has 1 N–H and O–H groups in total. The van der Waals surface area contributed by atoms with E-state index in [1.54, 1.807) is 11.8 Å².